The van der Waals surface area contributed by atoms with Crippen LogP contribution in [0.15, 0.2) is 36.7 Å². The molecule has 0 radical (unpaired) electrons. The number of carbonyl (C=O) groups excluding carboxylic acids is 1. The van der Waals surface area contributed by atoms with Crippen molar-refractivity contribution in [3.8, 4) is 5.95 Å². The zero-order chi connectivity index (χ0) is 17.2. The molecule has 1 amide bonds. The minimum Gasteiger partial charge on any atom is -0.310 e. The molecule has 2 aromatic rings. The molecule has 0 saturated carbocycles. The third kappa shape index (κ3) is 3.69. The number of anilines is 1. The number of carbonyl (C=O) groups is 1. The highest BCUT2D eigenvalue weighted by molar-refractivity contribution is 5.90. The van der Waals surface area contributed by atoms with Gasteiger partial charge in [0, 0.05) is 30.3 Å². The monoisotopic (exact) mass is 325 g/mol. The number of allylic oxidation sites excluding steroid dienone is 2. The first-order valence-corrected chi connectivity index (χ1v) is 8.28. The molecule has 1 aliphatic carbocycles. The van der Waals surface area contributed by atoms with Crippen LogP contribution in [0.4, 0.5) is 5.82 Å². The van der Waals surface area contributed by atoms with E-state index in [-0.39, 0.29) is 11.3 Å². The quantitative estimate of drug-likeness (QED) is 0.876. The minimum atomic E-state index is -0.131. The highest BCUT2D eigenvalue weighted by atomic mass is 16.1. The molecular formula is C18H23N5O. The average Bonchev–Trinajstić information content (AvgIpc) is 3.17. The maximum Gasteiger partial charge on any atom is 0.252 e. The fraction of sp³-hybridized carbons (Fsp3) is 0.444. The molecule has 2 aromatic heterocycles. The van der Waals surface area contributed by atoms with Crippen molar-refractivity contribution in [1.29, 1.82) is 0 Å². The summed E-state index contributed by atoms with van der Waals surface area (Å²) in [5.74, 6) is 1.38. The van der Waals surface area contributed by atoms with Gasteiger partial charge in [-0.15, -0.1) is 0 Å². The van der Waals surface area contributed by atoms with E-state index in [2.05, 4.69) is 53.3 Å². The Morgan fingerprint density at radius 2 is 2.08 bits per heavy atom. The van der Waals surface area contributed by atoms with Crippen LogP contribution in [0, 0.1) is 5.92 Å². The van der Waals surface area contributed by atoms with Crippen LogP contribution in [0.5, 0.6) is 0 Å². The van der Waals surface area contributed by atoms with Gasteiger partial charge in [0.1, 0.15) is 5.82 Å². The lowest BCUT2D eigenvalue weighted by Crippen LogP contribution is -2.18. The van der Waals surface area contributed by atoms with E-state index in [1.807, 2.05) is 6.07 Å². The second-order valence-electron chi connectivity index (χ2n) is 7.14. The number of amides is 1. The molecule has 1 aliphatic rings. The maximum absolute atomic E-state index is 12.4. The molecule has 126 valence electrons. The number of hydrogen-bond donors (Lipinski definition) is 1. The van der Waals surface area contributed by atoms with E-state index in [9.17, 15) is 4.79 Å². The third-order valence-electron chi connectivity index (χ3n) is 4.05. The van der Waals surface area contributed by atoms with Crippen LogP contribution in [-0.4, -0.2) is 25.7 Å². The van der Waals surface area contributed by atoms with Crippen molar-refractivity contribution < 1.29 is 4.79 Å². The van der Waals surface area contributed by atoms with Crippen LogP contribution in [0.3, 0.4) is 0 Å². The summed E-state index contributed by atoms with van der Waals surface area (Å²) in [5.41, 5.74) is 0.749. The van der Waals surface area contributed by atoms with Crippen molar-refractivity contribution in [1.82, 2.24) is 19.7 Å². The molecule has 24 heavy (non-hydrogen) atoms. The third-order valence-corrected chi connectivity index (χ3v) is 4.05. The SMILES string of the molecule is CC(C)(C)c1cc(NC(=O)C[C@H]2C=CCC2)n(-c2ncccn2)n1. The summed E-state index contributed by atoms with van der Waals surface area (Å²) >= 11 is 0. The van der Waals surface area contributed by atoms with Gasteiger partial charge in [0.05, 0.1) is 5.69 Å². The average molecular weight is 325 g/mol. The van der Waals surface area contributed by atoms with Crippen LogP contribution in [0.1, 0.15) is 45.7 Å². The van der Waals surface area contributed by atoms with E-state index >= 15 is 0 Å². The Hall–Kier alpha value is -2.50. The lowest BCUT2D eigenvalue weighted by atomic mass is 9.92. The summed E-state index contributed by atoms with van der Waals surface area (Å²) in [6, 6.07) is 3.65. The molecule has 1 atom stereocenters. The Kier molecular flexibility index (Phi) is 4.46. The Balaban J connectivity index is 1.86. The first-order valence-electron chi connectivity index (χ1n) is 8.28. The zero-order valence-corrected chi connectivity index (χ0v) is 14.4. The van der Waals surface area contributed by atoms with E-state index in [0.717, 1.165) is 18.5 Å². The van der Waals surface area contributed by atoms with E-state index in [1.54, 1.807) is 23.1 Å². The lowest BCUT2D eigenvalue weighted by molar-refractivity contribution is -0.116. The fourth-order valence-corrected chi connectivity index (χ4v) is 2.69. The van der Waals surface area contributed by atoms with Crippen LogP contribution < -0.4 is 5.32 Å². The molecule has 6 nitrogen and oxygen atoms in total. The number of hydrogen-bond acceptors (Lipinski definition) is 4. The van der Waals surface area contributed by atoms with Gasteiger partial charge < -0.3 is 5.32 Å². The van der Waals surface area contributed by atoms with Crippen molar-refractivity contribution >= 4 is 11.7 Å². The molecule has 0 aromatic carbocycles. The van der Waals surface area contributed by atoms with E-state index in [0.29, 0.717) is 24.1 Å². The normalized spacial score (nSPS) is 17.2. The minimum absolute atomic E-state index is 0.0101. The number of aromatic nitrogens is 4. The van der Waals surface area contributed by atoms with Gasteiger partial charge in [-0.25, -0.2) is 9.97 Å². The smallest absolute Gasteiger partial charge is 0.252 e. The molecule has 0 bridgehead atoms. The van der Waals surface area contributed by atoms with E-state index in [1.165, 1.54) is 0 Å². The van der Waals surface area contributed by atoms with Gasteiger partial charge in [-0.2, -0.15) is 9.78 Å². The summed E-state index contributed by atoms with van der Waals surface area (Å²) < 4.78 is 1.60. The molecule has 1 N–H and O–H groups in total. The molecule has 0 unspecified atom stereocenters. The summed E-state index contributed by atoms with van der Waals surface area (Å²) in [7, 11) is 0. The topological polar surface area (TPSA) is 72.7 Å². The highest BCUT2D eigenvalue weighted by Crippen LogP contribution is 2.26. The zero-order valence-electron chi connectivity index (χ0n) is 14.4. The first-order chi connectivity index (χ1) is 11.4. The molecule has 0 saturated heterocycles. The first kappa shape index (κ1) is 16.4. The molecule has 0 aliphatic heterocycles. The molecule has 2 heterocycles. The number of rotatable bonds is 4. The van der Waals surface area contributed by atoms with Crippen LogP contribution in [0.25, 0.3) is 5.95 Å². The van der Waals surface area contributed by atoms with E-state index in [4.69, 9.17) is 0 Å². The van der Waals surface area contributed by atoms with E-state index < -0.39 is 0 Å². The van der Waals surface area contributed by atoms with Gasteiger partial charge >= 0.3 is 0 Å². The van der Waals surface area contributed by atoms with Gasteiger partial charge in [-0.3, -0.25) is 4.79 Å². The molecule has 6 heteroatoms. The predicted molar refractivity (Wildman–Crippen MR) is 93.0 cm³/mol. The largest absolute Gasteiger partial charge is 0.310 e. The number of nitrogens with one attached hydrogen (secondary N) is 1. The number of nitrogens with zero attached hydrogens (tertiary/aromatic N) is 4. The summed E-state index contributed by atoms with van der Waals surface area (Å²) in [6.07, 6.45) is 10.2. The van der Waals surface area contributed by atoms with Crippen molar-refractivity contribution in [2.45, 2.75) is 45.4 Å². The van der Waals surface area contributed by atoms with Gasteiger partial charge in [0.25, 0.3) is 5.95 Å². The second-order valence-corrected chi connectivity index (χ2v) is 7.14. The Bertz CT molecular complexity index is 743. The van der Waals surface area contributed by atoms with Crippen molar-refractivity contribution in [3.63, 3.8) is 0 Å². The second kappa shape index (κ2) is 6.55. The van der Waals surface area contributed by atoms with Crippen LogP contribution in [-0.2, 0) is 10.2 Å². The van der Waals surface area contributed by atoms with Gasteiger partial charge in [-0.1, -0.05) is 32.9 Å². The van der Waals surface area contributed by atoms with Crippen molar-refractivity contribution in [3.05, 3.63) is 42.4 Å². The molecular weight excluding hydrogens is 302 g/mol. The van der Waals surface area contributed by atoms with Gasteiger partial charge in [-0.05, 0) is 24.8 Å². The standard InChI is InChI=1S/C18H23N5O/c1-18(2,3)14-12-15(21-16(24)11-13-7-4-5-8-13)23(22-14)17-19-9-6-10-20-17/h4,6-7,9-10,12-13H,5,8,11H2,1-3H3,(H,21,24)/t13-/m0/s1. The maximum atomic E-state index is 12.4. The highest BCUT2D eigenvalue weighted by Gasteiger charge is 2.23. The van der Waals surface area contributed by atoms with Crippen molar-refractivity contribution in [2.75, 3.05) is 5.32 Å². The fourth-order valence-electron chi connectivity index (χ4n) is 2.69. The van der Waals surface area contributed by atoms with Crippen LogP contribution >= 0.6 is 0 Å². The van der Waals surface area contributed by atoms with Gasteiger partial charge in [0.15, 0.2) is 0 Å². The molecule has 0 fully saturated rings. The summed E-state index contributed by atoms with van der Waals surface area (Å²) in [5, 5.41) is 7.58. The lowest BCUT2D eigenvalue weighted by Gasteiger charge is -2.13. The Labute approximate surface area is 142 Å². The van der Waals surface area contributed by atoms with Crippen molar-refractivity contribution in [2.24, 2.45) is 5.92 Å². The van der Waals surface area contributed by atoms with Crippen LogP contribution in [0.2, 0.25) is 0 Å². The Morgan fingerprint density at radius 1 is 1.33 bits per heavy atom. The summed E-state index contributed by atoms with van der Waals surface area (Å²) in [6.45, 7) is 6.25. The molecule has 0 spiro atoms. The predicted octanol–water partition coefficient (Wildman–Crippen LogP) is 3.25. The Morgan fingerprint density at radius 3 is 2.71 bits per heavy atom. The molecule has 3 rings (SSSR count). The summed E-state index contributed by atoms with van der Waals surface area (Å²) in [4.78, 5) is 20.9. The van der Waals surface area contributed by atoms with Gasteiger partial charge in [0.2, 0.25) is 5.91 Å².